The van der Waals surface area contributed by atoms with Crippen LogP contribution in [0.5, 0.6) is 0 Å². The molecule has 9 nitrogen and oxygen atoms in total. The second-order valence-electron chi connectivity index (χ2n) is 11.8. The number of rotatable bonds is 4. The zero-order chi connectivity index (χ0) is 28.7. The van der Waals surface area contributed by atoms with E-state index in [2.05, 4.69) is 16.7 Å². The van der Waals surface area contributed by atoms with Crippen molar-refractivity contribution in [3.05, 3.63) is 59.2 Å². The van der Waals surface area contributed by atoms with E-state index < -0.39 is 35.2 Å². The van der Waals surface area contributed by atoms with Gasteiger partial charge in [-0.15, -0.1) is 0 Å². The average molecular weight is 530 g/mol. The summed E-state index contributed by atoms with van der Waals surface area (Å²) in [5.74, 6) is -2.41. The number of hydrogen-bond donors (Lipinski definition) is 2. The molecule has 0 aliphatic carbocycles. The van der Waals surface area contributed by atoms with Crippen LogP contribution in [-0.2, 0) is 24.6 Å². The molecule has 2 aromatic rings. The van der Waals surface area contributed by atoms with Crippen molar-refractivity contribution in [1.82, 2.24) is 9.80 Å². The van der Waals surface area contributed by atoms with Crippen LogP contribution in [0.2, 0.25) is 0 Å². The van der Waals surface area contributed by atoms with E-state index >= 15 is 0 Å². The minimum Gasteiger partial charge on any atom is -0.325 e. The standard InChI is InChI=1S/C30H35N5O4/c1-18-10-9-11-19(2)24(18)33-25(36)27(38)34(6)23(15-29(3,4)5)26(37)35-17-30(14-20(35)16-31)21-12-7-8-13-22(21)32-28(30)39/h7-13,20,23H,14-15,17H2,1-6H3,(H,32,39)(H,33,36)/t20-,23-,30-/m0/s1. The third-order valence-electron chi connectivity index (χ3n) is 7.71. The van der Waals surface area contributed by atoms with Gasteiger partial charge in [-0.2, -0.15) is 5.26 Å². The maximum absolute atomic E-state index is 14.1. The SMILES string of the molecule is Cc1cccc(C)c1NC(=O)C(=O)N(C)[C@@H](CC(C)(C)C)C(=O)N1C[C@]2(C[C@H]1C#N)C(=O)Nc1ccccc12. The van der Waals surface area contributed by atoms with Crippen LogP contribution < -0.4 is 10.6 Å². The van der Waals surface area contributed by atoms with E-state index in [1.54, 1.807) is 6.07 Å². The molecule has 4 amide bonds. The Bertz CT molecular complexity index is 1370. The number of carbonyl (C=O) groups excluding carboxylic acids is 4. The van der Waals surface area contributed by atoms with Crippen molar-refractivity contribution in [3.63, 3.8) is 0 Å². The first-order valence-corrected chi connectivity index (χ1v) is 13.0. The molecule has 2 aromatic carbocycles. The highest BCUT2D eigenvalue weighted by molar-refractivity contribution is 6.40. The number of fused-ring (bicyclic) bond motifs is 2. The summed E-state index contributed by atoms with van der Waals surface area (Å²) in [6, 6.07) is 13.2. The van der Waals surface area contributed by atoms with Gasteiger partial charge in [-0.3, -0.25) is 19.2 Å². The second-order valence-corrected chi connectivity index (χ2v) is 11.8. The van der Waals surface area contributed by atoms with Crippen molar-refractivity contribution in [2.45, 2.75) is 65.0 Å². The van der Waals surface area contributed by atoms with Crippen LogP contribution in [0.4, 0.5) is 11.4 Å². The Balaban J connectivity index is 1.63. The first-order chi connectivity index (χ1) is 18.3. The fraction of sp³-hybridized carbons (Fsp3) is 0.433. The zero-order valence-corrected chi connectivity index (χ0v) is 23.3. The molecule has 2 N–H and O–H groups in total. The lowest BCUT2D eigenvalue weighted by Gasteiger charge is -2.35. The topological polar surface area (TPSA) is 123 Å². The number of amides is 4. The van der Waals surface area contributed by atoms with Crippen molar-refractivity contribution in [2.75, 3.05) is 24.2 Å². The van der Waals surface area contributed by atoms with E-state index in [1.165, 1.54) is 16.8 Å². The highest BCUT2D eigenvalue weighted by atomic mass is 16.2. The second kappa shape index (κ2) is 10.2. The number of hydrogen-bond acceptors (Lipinski definition) is 5. The molecular weight excluding hydrogens is 494 g/mol. The van der Waals surface area contributed by atoms with Crippen LogP contribution in [-0.4, -0.2) is 59.1 Å². The molecule has 204 valence electrons. The van der Waals surface area contributed by atoms with Gasteiger partial charge in [-0.05, 0) is 48.4 Å². The Morgan fingerprint density at radius 3 is 2.41 bits per heavy atom. The van der Waals surface area contributed by atoms with Crippen LogP contribution in [0.3, 0.4) is 0 Å². The van der Waals surface area contributed by atoms with Crippen molar-refractivity contribution in [2.24, 2.45) is 5.41 Å². The minimum absolute atomic E-state index is 0.0180. The monoisotopic (exact) mass is 529 g/mol. The highest BCUT2D eigenvalue weighted by Gasteiger charge is 2.57. The van der Waals surface area contributed by atoms with Crippen molar-refractivity contribution < 1.29 is 19.2 Å². The summed E-state index contributed by atoms with van der Waals surface area (Å²) in [6.07, 6.45) is 0.417. The van der Waals surface area contributed by atoms with E-state index in [1.807, 2.05) is 71.0 Å². The molecule has 1 spiro atoms. The maximum atomic E-state index is 14.1. The maximum Gasteiger partial charge on any atom is 0.313 e. The Labute approximate surface area is 229 Å². The fourth-order valence-corrected chi connectivity index (χ4v) is 5.63. The number of para-hydroxylation sites is 2. The summed E-state index contributed by atoms with van der Waals surface area (Å²) in [5, 5.41) is 15.6. The van der Waals surface area contributed by atoms with Gasteiger partial charge in [0.1, 0.15) is 12.1 Å². The van der Waals surface area contributed by atoms with Crippen molar-refractivity contribution >= 4 is 35.0 Å². The molecule has 1 fully saturated rings. The van der Waals surface area contributed by atoms with Gasteiger partial charge in [0.25, 0.3) is 0 Å². The molecule has 2 heterocycles. The summed E-state index contributed by atoms with van der Waals surface area (Å²) in [7, 11) is 1.44. The van der Waals surface area contributed by atoms with Gasteiger partial charge in [-0.1, -0.05) is 57.2 Å². The molecule has 0 radical (unpaired) electrons. The van der Waals surface area contributed by atoms with Gasteiger partial charge in [0, 0.05) is 31.4 Å². The molecular formula is C30H35N5O4. The molecule has 3 atom stereocenters. The van der Waals surface area contributed by atoms with Crippen LogP contribution in [0, 0.1) is 30.6 Å². The molecule has 1 saturated heterocycles. The van der Waals surface area contributed by atoms with Gasteiger partial charge in [0.15, 0.2) is 0 Å². The summed E-state index contributed by atoms with van der Waals surface area (Å²) in [4.78, 5) is 56.2. The quantitative estimate of drug-likeness (QED) is 0.587. The first kappa shape index (κ1) is 27.8. The lowest BCUT2D eigenvalue weighted by Crippen LogP contribution is -2.54. The number of carbonyl (C=O) groups is 4. The molecule has 4 rings (SSSR count). The summed E-state index contributed by atoms with van der Waals surface area (Å²) >= 11 is 0. The van der Waals surface area contributed by atoms with Gasteiger partial charge < -0.3 is 20.4 Å². The third-order valence-corrected chi connectivity index (χ3v) is 7.71. The Morgan fingerprint density at radius 2 is 1.79 bits per heavy atom. The summed E-state index contributed by atoms with van der Waals surface area (Å²) in [6.45, 7) is 9.52. The number of aryl methyl sites for hydroxylation is 2. The lowest BCUT2D eigenvalue weighted by molar-refractivity contribution is -0.150. The molecule has 0 bridgehead atoms. The number of anilines is 2. The number of nitriles is 1. The number of likely N-dealkylation sites (tertiary alicyclic amines) is 1. The predicted molar refractivity (Wildman–Crippen MR) is 148 cm³/mol. The van der Waals surface area contributed by atoms with Crippen LogP contribution in [0.15, 0.2) is 42.5 Å². The van der Waals surface area contributed by atoms with Crippen LogP contribution in [0.1, 0.15) is 50.3 Å². The average Bonchev–Trinajstić information content (AvgIpc) is 3.41. The molecule has 0 unspecified atom stereocenters. The van der Waals surface area contributed by atoms with E-state index in [0.717, 1.165) is 16.7 Å². The molecule has 9 heteroatoms. The van der Waals surface area contributed by atoms with E-state index in [0.29, 0.717) is 11.4 Å². The van der Waals surface area contributed by atoms with Gasteiger partial charge >= 0.3 is 11.8 Å². The van der Waals surface area contributed by atoms with E-state index in [9.17, 15) is 24.4 Å². The van der Waals surface area contributed by atoms with E-state index in [4.69, 9.17) is 0 Å². The molecule has 0 saturated carbocycles. The summed E-state index contributed by atoms with van der Waals surface area (Å²) in [5.41, 5.74) is 2.20. The van der Waals surface area contributed by atoms with Gasteiger partial charge in [-0.25, -0.2) is 0 Å². The number of benzene rings is 2. The third kappa shape index (κ3) is 5.11. The fourth-order valence-electron chi connectivity index (χ4n) is 5.63. The minimum atomic E-state index is -1.04. The Kier molecular flexibility index (Phi) is 7.26. The summed E-state index contributed by atoms with van der Waals surface area (Å²) < 4.78 is 0. The highest BCUT2D eigenvalue weighted by Crippen LogP contribution is 2.46. The number of nitrogens with zero attached hydrogens (tertiary/aromatic N) is 3. The number of nitrogens with one attached hydrogen (secondary N) is 2. The lowest BCUT2D eigenvalue weighted by atomic mass is 9.80. The molecule has 2 aliphatic rings. The van der Waals surface area contributed by atoms with Gasteiger partial charge in [0.05, 0.1) is 11.5 Å². The smallest absolute Gasteiger partial charge is 0.313 e. The van der Waals surface area contributed by atoms with Gasteiger partial charge in [0.2, 0.25) is 11.8 Å². The Morgan fingerprint density at radius 1 is 1.15 bits per heavy atom. The van der Waals surface area contributed by atoms with Crippen LogP contribution >= 0.6 is 0 Å². The van der Waals surface area contributed by atoms with Crippen LogP contribution in [0.25, 0.3) is 0 Å². The Hall–Kier alpha value is -4.19. The van der Waals surface area contributed by atoms with Crippen molar-refractivity contribution in [3.8, 4) is 6.07 Å². The van der Waals surface area contributed by atoms with Crippen molar-refractivity contribution in [1.29, 1.82) is 5.26 Å². The molecule has 39 heavy (non-hydrogen) atoms. The molecule has 0 aromatic heterocycles. The predicted octanol–water partition coefficient (Wildman–Crippen LogP) is 3.52. The normalized spacial score (nSPS) is 20.7. The number of likely N-dealkylation sites (N-methyl/N-ethyl adjacent to an activating group) is 1. The van der Waals surface area contributed by atoms with E-state index in [-0.39, 0.29) is 30.7 Å². The molecule has 2 aliphatic heterocycles. The first-order valence-electron chi connectivity index (χ1n) is 13.0. The largest absolute Gasteiger partial charge is 0.325 e. The zero-order valence-electron chi connectivity index (χ0n) is 23.3.